The molecule has 1 atom stereocenters. The predicted octanol–water partition coefficient (Wildman–Crippen LogP) is 7.31. The van der Waals surface area contributed by atoms with Crippen molar-refractivity contribution >= 4 is 56.5 Å². The molecule has 2 aliphatic heterocycles. The Morgan fingerprint density at radius 1 is 0.903 bits per heavy atom. The second-order valence-electron chi connectivity index (χ2n) is 19.5. The number of ketones is 2. The maximum absolute atomic E-state index is 13.8. The highest BCUT2D eigenvalue weighted by Crippen LogP contribution is 2.38. The van der Waals surface area contributed by atoms with E-state index in [1.807, 2.05) is 49.4 Å². The number of morpholine rings is 1. The molecule has 1 saturated carbocycles. The summed E-state index contributed by atoms with van der Waals surface area (Å²) in [6, 6.07) is 25.1. The summed E-state index contributed by atoms with van der Waals surface area (Å²) in [7, 11) is -3.73. The first-order chi connectivity index (χ1) is 34.6. The molecule has 3 aliphatic rings. The first-order valence-electron chi connectivity index (χ1n) is 24.6. The summed E-state index contributed by atoms with van der Waals surface area (Å²) in [6.07, 6.45) is 3.99. The molecule has 2 amide bonds. The van der Waals surface area contributed by atoms with Gasteiger partial charge in [0.05, 0.1) is 43.7 Å². The number of aromatic nitrogens is 2. The van der Waals surface area contributed by atoms with Crippen LogP contribution in [0.3, 0.4) is 0 Å². The van der Waals surface area contributed by atoms with Gasteiger partial charge in [-0.25, -0.2) is 18.1 Å². The van der Waals surface area contributed by atoms with Gasteiger partial charge < -0.3 is 35.1 Å². The average molecular weight is 1000 g/mol. The lowest BCUT2D eigenvalue weighted by Crippen LogP contribution is -2.41. The van der Waals surface area contributed by atoms with E-state index in [9.17, 15) is 27.6 Å². The smallest absolute Gasteiger partial charge is 0.255 e. The van der Waals surface area contributed by atoms with E-state index in [-0.39, 0.29) is 54.3 Å². The summed E-state index contributed by atoms with van der Waals surface area (Å²) in [5, 5.41) is 9.41. The number of rotatable bonds is 20. The molecule has 0 spiro atoms. The maximum atomic E-state index is 13.8. The Kier molecular flexibility index (Phi) is 16.6. The number of nitrogens with one attached hydrogen (secondary N) is 4. The molecular formula is C54H64N8O9S. The molecule has 72 heavy (non-hydrogen) atoms. The molecule has 17 nitrogen and oxygen atoms in total. The van der Waals surface area contributed by atoms with Crippen LogP contribution >= 0.6 is 0 Å². The van der Waals surface area contributed by atoms with Gasteiger partial charge in [0.25, 0.3) is 5.91 Å². The lowest BCUT2D eigenvalue weighted by molar-refractivity contribution is -0.128. The second kappa shape index (κ2) is 23.2. The van der Waals surface area contributed by atoms with Gasteiger partial charge in [-0.15, -0.1) is 0 Å². The van der Waals surface area contributed by atoms with Crippen molar-refractivity contribution in [1.29, 1.82) is 0 Å². The second-order valence-corrected chi connectivity index (χ2v) is 21.2. The van der Waals surface area contributed by atoms with Crippen LogP contribution in [0.2, 0.25) is 0 Å². The Morgan fingerprint density at radius 2 is 1.67 bits per heavy atom. The van der Waals surface area contributed by atoms with Crippen molar-refractivity contribution in [1.82, 2.24) is 29.8 Å². The highest BCUT2D eigenvalue weighted by atomic mass is 32.2. The van der Waals surface area contributed by atoms with E-state index in [0.717, 1.165) is 55.2 Å². The normalized spacial score (nSPS) is 16.5. The molecule has 18 heteroatoms. The molecule has 4 N–H and O–H groups in total. The van der Waals surface area contributed by atoms with Gasteiger partial charge >= 0.3 is 0 Å². The van der Waals surface area contributed by atoms with E-state index in [1.54, 1.807) is 62.2 Å². The number of sulfonamides is 1. The molecule has 0 unspecified atom stereocenters. The van der Waals surface area contributed by atoms with Gasteiger partial charge in [0.2, 0.25) is 21.9 Å². The van der Waals surface area contributed by atoms with Crippen molar-refractivity contribution < 1.29 is 41.8 Å². The van der Waals surface area contributed by atoms with Gasteiger partial charge in [-0.2, -0.15) is 4.98 Å². The molecule has 3 heterocycles. The SMILES string of the molecule is Cc1cnc(Nc2ccc(OCCCNC(=O)CCc3ccc4c(c3OCc3ccc(CN5CCOCC5)cc3)CN([C@H]3CCCC(=O)CC3=O)C4=O)cc2)nc1Nc1cccc(S(=O)(=O)NC(C)(C)C)c1. The number of fused-ring (bicyclic) bond motifs is 1. The zero-order valence-corrected chi connectivity index (χ0v) is 42.2. The fourth-order valence-electron chi connectivity index (χ4n) is 8.92. The Bertz CT molecular complexity index is 2870. The first-order valence-corrected chi connectivity index (χ1v) is 26.1. The minimum absolute atomic E-state index is 0.0897. The van der Waals surface area contributed by atoms with Crippen molar-refractivity contribution in [2.75, 3.05) is 50.1 Å². The van der Waals surface area contributed by atoms with E-state index in [0.29, 0.717) is 85.3 Å². The summed E-state index contributed by atoms with van der Waals surface area (Å²) in [5.41, 5.74) is 5.55. The topological polar surface area (TPSA) is 210 Å². The Labute approximate surface area is 421 Å². The van der Waals surface area contributed by atoms with Crippen LogP contribution in [0.15, 0.2) is 96.0 Å². The molecular weight excluding hydrogens is 937 g/mol. The minimum Gasteiger partial charge on any atom is -0.494 e. The van der Waals surface area contributed by atoms with Crippen LogP contribution in [-0.2, 0) is 55.3 Å². The van der Waals surface area contributed by atoms with Crippen molar-refractivity contribution in [3.8, 4) is 11.5 Å². The van der Waals surface area contributed by atoms with Gasteiger partial charge in [-0.1, -0.05) is 36.4 Å². The molecule has 1 aromatic heterocycles. The predicted molar refractivity (Wildman–Crippen MR) is 273 cm³/mol. The van der Waals surface area contributed by atoms with Crippen molar-refractivity contribution in [3.63, 3.8) is 0 Å². The molecule has 2 fully saturated rings. The third-order valence-electron chi connectivity index (χ3n) is 12.6. The third kappa shape index (κ3) is 13.8. The van der Waals surface area contributed by atoms with Gasteiger partial charge in [-0.3, -0.25) is 24.1 Å². The number of carbonyl (C=O) groups is 4. The number of aryl methyl sites for hydroxylation is 2. The van der Waals surface area contributed by atoms with Crippen LogP contribution in [0.1, 0.15) is 97.5 Å². The number of nitrogens with zero attached hydrogens (tertiary/aromatic N) is 4. The van der Waals surface area contributed by atoms with Crippen molar-refractivity contribution in [2.45, 2.75) is 109 Å². The van der Waals surface area contributed by atoms with Crippen LogP contribution in [0.4, 0.5) is 23.1 Å². The molecule has 5 aromatic rings. The maximum Gasteiger partial charge on any atom is 0.255 e. The zero-order valence-electron chi connectivity index (χ0n) is 41.4. The quantitative estimate of drug-likeness (QED) is 0.0342. The van der Waals surface area contributed by atoms with Crippen LogP contribution in [0, 0.1) is 6.92 Å². The molecule has 1 aliphatic carbocycles. The van der Waals surface area contributed by atoms with Crippen molar-refractivity contribution in [3.05, 3.63) is 125 Å². The zero-order chi connectivity index (χ0) is 50.8. The van der Waals surface area contributed by atoms with Crippen LogP contribution in [0.25, 0.3) is 0 Å². The van der Waals surface area contributed by atoms with Crippen molar-refractivity contribution in [2.24, 2.45) is 0 Å². The summed E-state index contributed by atoms with van der Waals surface area (Å²) in [4.78, 5) is 65.5. The number of carbonyl (C=O) groups excluding carboxylic acids is 4. The van der Waals surface area contributed by atoms with Crippen LogP contribution in [0.5, 0.6) is 11.5 Å². The Hall–Kier alpha value is -6.73. The Balaban J connectivity index is 0.823. The number of amides is 2. The molecule has 1 saturated heterocycles. The lowest BCUT2D eigenvalue weighted by atomic mass is 10.0. The summed E-state index contributed by atoms with van der Waals surface area (Å²) in [6.45, 7) is 12.6. The monoisotopic (exact) mass is 1000 g/mol. The number of ether oxygens (including phenoxy) is 3. The highest BCUT2D eigenvalue weighted by molar-refractivity contribution is 7.89. The van der Waals surface area contributed by atoms with E-state index < -0.39 is 21.6 Å². The standard InChI is InChI=1S/C54H64N8O9S/c1-36-32-56-53(59-51(36)57-41-8-5-10-44(30-41)72(67,68)60-54(2,3)4)58-40-18-20-43(21-19-40)70-27-7-24-55-49(65)23-17-39-16-22-45-46(34-62(52(45)66)47-11-6-9-42(63)31-48(47)64)50(39)71-35-38-14-12-37(13-15-38)33-61-25-28-69-29-26-61/h5,8,10,12-16,18-22,30,32,47,60H,6-7,9,11,17,23-29,31,33-35H2,1-4H3,(H,55,65)(H2,56,57,58,59)/t47-/m0/s1. The van der Waals surface area contributed by atoms with Gasteiger partial charge in [-0.05, 0) is 119 Å². The van der Waals surface area contributed by atoms with E-state index in [2.05, 4.69) is 47.7 Å². The van der Waals surface area contributed by atoms with E-state index in [1.165, 1.54) is 5.56 Å². The van der Waals surface area contributed by atoms with Crippen LogP contribution in [-0.4, -0.2) is 103 Å². The highest BCUT2D eigenvalue weighted by Gasteiger charge is 2.39. The fourth-order valence-corrected chi connectivity index (χ4v) is 10.4. The lowest BCUT2D eigenvalue weighted by Gasteiger charge is -2.26. The largest absolute Gasteiger partial charge is 0.494 e. The molecule has 8 rings (SSSR count). The molecule has 0 radical (unpaired) electrons. The number of benzene rings is 4. The van der Waals surface area contributed by atoms with Gasteiger partial charge in [0.1, 0.15) is 29.7 Å². The number of hydrogen-bond donors (Lipinski definition) is 4. The molecule has 0 bridgehead atoms. The summed E-state index contributed by atoms with van der Waals surface area (Å²) < 4.78 is 46.6. The fraction of sp³-hybridized carbons (Fsp3) is 0.407. The van der Waals surface area contributed by atoms with Gasteiger partial charge in [0.15, 0.2) is 5.78 Å². The van der Waals surface area contributed by atoms with Gasteiger partial charge in [0, 0.05) is 78.8 Å². The molecule has 4 aromatic carbocycles. The number of Topliss-reactive ketones (excluding diaryl/α,β-unsaturated/α-hetero) is 2. The summed E-state index contributed by atoms with van der Waals surface area (Å²) in [5.74, 6) is 1.37. The summed E-state index contributed by atoms with van der Waals surface area (Å²) >= 11 is 0. The minimum atomic E-state index is -3.73. The average Bonchev–Trinajstić information content (AvgIpc) is 3.58. The van der Waals surface area contributed by atoms with E-state index in [4.69, 9.17) is 14.2 Å². The van der Waals surface area contributed by atoms with E-state index >= 15 is 0 Å². The third-order valence-corrected chi connectivity index (χ3v) is 14.3. The number of anilines is 4. The Morgan fingerprint density at radius 3 is 2.43 bits per heavy atom. The molecule has 380 valence electrons. The first kappa shape index (κ1) is 51.6. The van der Waals surface area contributed by atoms with Crippen LogP contribution < -0.4 is 30.1 Å². The number of hydrogen-bond acceptors (Lipinski definition) is 14.